The Morgan fingerprint density at radius 1 is 1.13 bits per heavy atom. The van der Waals surface area contributed by atoms with E-state index in [-0.39, 0.29) is 17.5 Å². The van der Waals surface area contributed by atoms with Gasteiger partial charge in [-0.2, -0.15) is 0 Å². The van der Waals surface area contributed by atoms with Crippen LogP contribution < -0.4 is 0 Å². The van der Waals surface area contributed by atoms with Gasteiger partial charge in [0.25, 0.3) is 0 Å². The molecule has 1 N–H and O–H groups in total. The largest absolute Gasteiger partial charge is 0.465 e. The van der Waals surface area contributed by atoms with Crippen molar-refractivity contribution in [3.63, 3.8) is 0 Å². The van der Waals surface area contributed by atoms with Crippen LogP contribution in [0.1, 0.15) is 0 Å². The van der Waals surface area contributed by atoms with Gasteiger partial charge in [0, 0.05) is 32.2 Å². The first kappa shape index (κ1) is 10.7. The van der Waals surface area contributed by atoms with E-state index in [2.05, 4.69) is 4.90 Å². The highest BCUT2D eigenvalue weighted by atomic mass is 32.2. The van der Waals surface area contributed by atoms with E-state index in [0.29, 0.717) is 26.2 Å². The van der Waals surface area contributed by atoms with Gasteiger partial charge in [0.15, 0.2) is 9.84 Å². The van der Waals surface area contributed by atoms with E-state index in [1.807, 2.05) is 0 Å². The van der Waals surface area contributed by atoms with Gasteiger partial charge in [0.2, 0.25) is 0 Å². The zero-order valence-electron chi connectivity index (χ0n) is 8.29. The summed E-state index contributed by atoms with van der Waals surface area (Å²) in [4.78, 5) is 14.1. The topological polar surface area (TPSA) is 77.9 Å². The molecule has 2 heterocycles. The minimum Gasteiger partial charge on any atom is -0.465 e. The summed E-state index contributed by atoms with van der Waals surface area (Å²) in [6.45, 7) is 2.25. The Kier molecular flexibility index (Phi) is 2.59. The lowest BCUT2D eigenvalue weighted by molar-refractivity contribution is 0.0908. The minimum atomic E-state index is -2.78. The fourth-order valence-electron chi connectivity index (χ4n) is 2.03. The summed E-state index contributed by atoms with van der Waals surface area (Å²) in [6, 6.07) is 0.117. The van der Waals surface area contributed by atoms with Crippen LogP contribution in [-0.4, -0.2) is 73.1 Å². The maximum Gasteiger partial charge on any atom is 0.407 e. The van der Waals surface area contributed by atoms with E-state index in [0.717, 1.165) is 0 Å². The summed E-state index contributed by atoms with van der Waals surface area (Å²) in [5.74, 6) is 0.472. The average molecular weight is 234 g/mol. The van der Waals surface area contributed by atoms with E-state index in [9.17, 15) is 13.2 Å². The number of piperazine rings is 1. The molecule has 86 valence electrons. The lowest BCUT2D eigenvalue weighted by Gasteiger charge is -2.41. The van der Waals surface area contributed by atoms with Crippen LogP contribution in [0.25, 0.3) is 0 Å². The second-order valence-electron chi connectivity index (χ2n) is 4.04. The molecule has 0 aromatic carbocycles. The van der Waals surface area contributed by atoms with Gasteiger partial charge in [0.1, 0.15) is 0 Å². The van der Waals surface area contributed by atoms with Gasteiger partial charge >= 0.3 is 6.09 Å². The Balaban J connectivity index is 1.82. The third-order valence-corrected chi connectivity index (χ3v) is 4.78. The van der Waals surface area contributed by atoms with Gasteiger partial charge < -0.3 is 10.0 Å². The molecule has 0 aromatic heterocycles. The quantitative estimate of drug-likeness (QED) is 0.635. The van der Waals surface area contributed by atoms with Gasteiger partial charge in [-0.15, -0.1) is 0 Å². The molecule has 2 rings (SSSR count). The molecule has 1 amide bonds. The third-order valence-electron chi connectivity index (χ3n) is 2.99. The number of carbonyl (C=O) groups is 1. The summed E-state index contributed by atoms with van der Waals surface area (Å²) < 4.78 is 22.0. The van der Waals surface area contributed by atoms with Crippen molar-refractivity contribution in [2.45, 2.75) is 6.04 Å². The van der Waals surface area contributed by atoms with Gasteiger partial charge in [-0.25, -0.2) is 13.2 Å². The molecule has 2 fully saturated rings. The van der Waals surface area contributed by atoms with Gasteiger partial charge in [0.05, 0.1) is 11.5 Å². The predicted molar refractivity (Wildman–Crippen MR) is 53.6 cm³/mol. The molecule has 0 unspecified atom stereocenters. The number of carboxylic acid groups (broad SMARTS) is 1. The summed E-state index contributed by atoms with van der Waals surface area (Å²) in [5.41, 5.74) is 0. The Morgan fingerprint density at radius 3 is 2.07 bits per heavy atom. The van der Waals surface area contributed by atoms with Crippen molar-refractivity contribution in [1.29, 1.82) is 0 Å². The highest BCUT2D eigenvalue weighted by molar-refractivity contribution is 7.92. The number of sulfone groups is 1. The van der Waals surface area contributed by atoms with Crippen LogP contribution >= 0.6 is 0 Å². The van der Waals surface area contributed by atoms with Crippen molar-refractivity contribution >= 4 is 15.9 Å². The maximum absolute atomic E-state index is 11.0. The molecule has 2 aliphatic rings. The molecule has 2 aliphatic heterocycles. The second kappa shape index (κ2) is 3.64. The third kappa shape index (κ3) is 2.23. The van der Waals surface area contributed by atoms with E-state index < -0.39 is 15.9 Å². The molecule has 0 saturated carbocycles. The van der Waals surface area contributed by atoms with Gasteiger partial charge in [-0.05, 0) is 0 Å². The van der Waals surface area contributed by atoms with Crippen molar-refractivity contribution in [3.05, 3.63) is 0 Å². The minimum absolute atomic E-state index is 0.117. The molecular weight excluding hydrogens is 220 g/mol. The lowest BCUT2D eigenvalue weighted by Crippen LogP contribution is -2.59. The van der Waals surface area contributed by atoms with E-state index in [4.69, 9.17) is 5.11 Å². The summed E-state index contributed by atoms with van der Waals surface area (Å²) in [6.07, 6.45) is -0.893. The summed E-state index contributed by atoms with van der Waals surface area (Å²) >= 11 is 0. The van der Waals surface area contributed by atoms with E-state index >= 15 is 0 Å². The molecule has 0 aromatic rings. The molecule has 6 nitrogen and oxygen atoms in total. The molecule has 7 heteroatoms. The number of amides is 1. The maximum atomic E-state index is 11.0. The Labute approximate surface area is 88.4 Å². The predicted octanol–water partition coefficient (Wildman–Crippen LogP) is -0.921. The smallest absolute Gasteiger partial charge is 0.407 e. The van der Waals surface area contributed by atoms with Crippen LogP contribution in [0.2, 0.25) is 0 Å². The van der Waals surface area contributed by atoms with Crippen molar-refractivity contribution < 1.29 is 18.3 Å². The zero-order chi connectivity index (χ0) is 11.1. The van der Waals surface area contributed by atoms with Crippen LogP contribution in [-0.2, 0) is 9.84 Å². The molecular formula is C8H14N2O4S. The fourth-order valence-corrected chi connectivity index (χ4v) is 3.52. The Bertz CT molecular complexity index is 347. The first-order valence-electron chi connectivity index (χ1n) is 4.90. The summed E-state index contributed by atoms with van der Waals surface area (Å²) in [7, 11) is -2.78. The van der Waals surface area contributed by atoms with E-state index in [1.54, 1.807) is 0 Å². The highest BCUT2D eigenvalue weighted by Crippen LogP contribution is 2.18. The highest BCUT2D eigenvalue weighted by Gasteiger charge is 2.38. The van der Waals surface area contributed by atoms with Crippen molar-refractivity contribution in [2.75, 3.05) is 37.7 Å². The van der Waals surface area contributed by atoms with Gasteiger partial charge in [-0.1, -0.05) is 0 Å². The molecule has 0 aliphatic carbocycles. The first-order valence-corrected chi connectivity index (χ1v) is 6.72. The lowest BCUT2D eigenvalue weighted by atomic mass is 10.2. The molecule has 15 heavy (non-hydrogen) atoms. The number of hydrogen-bond acceptors (Lipinski definition) is 4. The van der Waals surface area contributed by atoms with Crippen LogP contribution in [0.3, 0.4) is 0 Å². The van der Waals surface area contributed by atoms with Gasteiger partial charge in [-0.3, -0.25) is 4.90 Å². The van der Waals surface area contributed by atoms with Crippen molar-refractivity contribution in [1.82, 2.24) is 9.80 Å². The molecule has 0 spiro atoms. The standard InChI is InChI=1S/C8H14N2O4S/c11-8(12)10-3-1-9(2-4-10)7-5-15(13,14)6-7/h7H,1-6H2,(H,11,12). The Hall–Kier alpha value is -0.820. The SMILES string of the molecule is O=C(O)N1CCN(C2CS(=O)(=O)C2)CC1. The monoisotopic (exact) mass is 234 g/mol. The van der Waals surface area contributed by atoms with E-state index in [1.165, 1.54) is 4.90 Å². The number of hydrogen-bond donors (Lipinski definition) is 1. The Morgan fingerprint density at radius 2 is 1.67 bits per heavy atom. The van der Waals surface area contributed by atoms with Crippen LogP contribution in [0.15, 0.2) is 0 Å². The van der Waals surface area contributed by atoms with Crippen LogP contribution in [0.4, 0.5) is 4.79 Å². The fraction of sp³-hybridized carbons (Fsp3) is 0.875. The van der Waals surface area contributed by atoms with Crippen molar-refractivity contribution in [3.8, 4) is 0 Å². The number of rotatable bonds is 1. The zero-order valence-corrected chi connectivity index (χ0v) is 9.11. The molecule has 0 atom stereocenters. The normalized spacial score (nSPS) is 27.3. The number of nitrogens with zero attached hydrogens (tertiary/aromatic N) is 2. The first-order chi connectivity index (χ1) is 6.98. The van der Waals surface area contributed by atoms with Crippen LogP contribution in [0.5, 0.6) is 0 Å². The summed E-state index contributed by atoms with van der Waals surface area (Å²) in [5, 5.41) is 8.73. The molecule has 2 saturated heterocycles. The molecule has 0 bridgehead atoms. The second-order valence-corrected chi connectivity index (χ2v) is 6.19. The van der Waals surface area contributed by atoms with Crippen LogP contribution in [0, 0.1) is 0 Å². The molecule has 0 radical (unpaired) electrons. The van der Waals surface area contributed by atoms with Crippen molar-refractivity contribution in [2.24, 2.45) is 0 Å². The average Bonchev–Trinajstić information content (AvgIpc) is 2.14.